The van der Waals surface area contributed by atoms with Crippen molar-refractivity contribution >= 4 is 5.97 Å². The summed E-state index contributed by atoms with van der Waals surface area (Å²) >= 11 is 0. The predicted octanol–water partition coefficient (Wildman–Crippen LogP) is 3.43. The minimum atomic E-state index is -0.618. The van der Waals surface area contributed by atoms with Gasteiger partial charge in [0.1, 0.15) is 5.56 Å². The van der Waals surface area contributed by atoms with Gasteiger partial charge in [0, 0.05) is 5.56 Å². The molecule has 0 aliphatic carbocycles. The molecule has 0 aliphatic rings. The minimum absolute atomic E-state index is 0.171. The number of methoxy groups -OCH3 is 3. The van der Waals surface area contributed by atoms with Crippen LogP contribution in [0.4, 0.5) is 0 Å². The predicted molar refractivity (Wildman–Crippen MR) is 99.7 cm³/mol. The number of hydrogen-bond donors (Lipinski definition) is 0. The van der Waals surface area contributed by atoms with Gasteiger partial charge in [0.15, 0.2) is 18.1 Å². The Morgan fingerprint density at radius 1 is 0.964 bits per heavy atom. The van der Waals surface area contributed by atoms with Gasteiger partial charge in [-0.2, -0.15) is 4.98 Å². The van der Waals surface area contributed by atoms with E-state index in [0.29, 0.717) is 17.3 Å². The number of esters is 1. The van der Waals surface area contributed by atoms with E-state index < -0.39 is 5.97 Å². The zero-order chi connectivity index (χ0) is 20.1. The Kier molecular flexibility index (Phi) is 5.78. The molecule has 0 amide bonds. The molecule has 0 unspecified atom stereocenters. The van der Waals surface area contributed by atoms with Crippen LogP contribution in [0.3, 0.4) is 0 Å². The normalized spacial score (nSPS) is 10.4. The molecule has 8 nitrogen and oxygen atoms in total. The van der Waals surface area contributed by atoms with Crippen LogP contribution in [-0.2, 0) is 11.3 Å². The third kappa shape index (κ3) is 3.90. The highest BCUT2D eigenvalue weighted by atomic mass is 16.6. The Morgan fingerprint density at radius 3 is 2.32 bits per heavy atom. The molecule has 3 rings (SSSR count). The first-order chi connectivity index (χ1) is 13.6. The number of benzene rings is 2. The van der Waals surface area contributed by atoms with Crippen LogP contribution >= 0.6 is 0 Å². The lowest BCUT2D eigenvalue weighted by Gasteiger charge is -2.14. The number of aryl methyl sites for hydroxylation is 1. The Labute approximate surface area is 162 Å². The number of rotatable bonds is 7. The molecule has 0 aliphatic heterocycles. The van der Waals surface area contributed by atoms with E-state index in [-0.39, 0.29) is 23.8 Å². The summed E-state index contributed by atoms with van der Waals surface area (Å²) in [6.07, 6.45) is 0. The van der Waals surface area contributed by atoms with Crippen molar-refractivity contribution < 1.29 is 28.3 Å². The van der Waals surface area contributed by atoms with E-state index in [0.717, 1.165) is 11.1 Å². The van der Waals surface area contributed by atoms with Gasteiger partial charge in [-0.15, -0.1) is 0 Å². The van der Waals surface area contributed by atoms with Crippen molar-refractivity contribution in [3.05, 3.63) is 53.4 Å². The van der Waals surface area contributed by atoms with Gasteiger partial charge in [-0.05, 0) is 19.1 Å². The maximum atomic E-state index is 12.5. The van der Waals surface area contributed by atoms with E-state index in [1.165, 1.54) is 27.4 Å². The van der Waals surface area contributed by atoms with Crippen LogP contribution in [-0.4, -0.2) is 37.4 Å². The van der Waals surface area contributed by atoms with E-state index in [2.05, 4.69) is 10.1 Å². The number of carbonyl (C=O) groups is 1. The van der Waals surface area contributed by atoms with Gasteiger partial charge in [0.25, 0.3) is 5.89 Å². The van der Waals surface area contributed by atoms with Crippen molar-refractivity contribution in [1.29, 1.82) is 0 Å². The summed E-state index contributed by atoms with van der Waals surface area (Å²) in [5.41, 5.74) is 2.14. The van der Waals surface area contributed by atoms with E-state index in [1.807, 2.05) is 31.2 Å². The molecule has 0 atom stereocenters. The summed E-state index contributed by atoms with van der Waals surface area (Å²) in [6.45, 7) is 1.82. The van der Waals surface area contributed by atoms with Crippen LogP contribution in [0, 0.1) is 6.92 Å². The highest BCUT2D eigenvalue weighted by Gasteiger charge is 2.22. The summed E-state index contributed by atoms with van der Waals surface area (Å²) < 4.78 is 26.2. The molecule has 3 aromatic rings. The number of nitrogens with zero attached hydrogens (tertiary/aromatic N) is 2. The minimum Gasteiger partial charge on any atom is -0.493 e. The molecule has 0 saturated carbocycles. The van der Waals surface area contributed by atoms with Gasteiger partial charge in [0.2, 0.25) is 11.6 Å². The average molecular weight is 384 g/mol. The van der Waals surface area contributed by atoms with Gasteiger partial charge in [-0.25, -0.2) is 4.79 Å². The molecule has 0 spiro atoms. The summed E-state index contributed by atoms with van der Waals surface area (Å²) in [4.78, 5) is 16.7. The number of hydrogen-bond acceptors (Lipinski definition) is 8. The molecule has 0 fully saturated rings. The second-order valence-electron chi connectivity index (χ2n) is 5.84. The third-order valence-electron chi connectivity index (χ3n) is 4.03. The molecule has 0 radical (unpaired) electrons. The lowest BCUT2D eigenvalue weighted by Crippen LogP contribution is -2.09. The molecular formula is C20H20N2O6. The summed E-state index contributed by atoms with van der Waals surface area (Å²) in [5, 5.41) is 3.91. The second-order valence-corrected chi connectivity index (χ2v) is 5.84. The highest BCUT2D eigenvalue weighted by Crippen LogP contribution is 2.40. The van der Waals surface area contributed by atoms with Crippen molar-refractivity contribution in [1.82, 2.24) is 10.1 Å². The van der Waals surface area contributed by atoms with Crippen molar-refractivity contribution in [2.75, 3.05) is 21.3 Å². The van der Waals surface area contributed by atoms with Gasteiger partial charge in [-0.1, -0.05) is 35.0 Å². The first kappa shape index (κ1) is 19.2. The second kappa shape index (κ2) is 8.43. The van der Waals surface area contributed by atoms with E-state index in [4.69, 9.17) is 23.5 Å². The fourth-order valence-corrected chi connectivity index (χ4v) is 2.60. The maximum Gasteiger partial charge on any atom is 0.342 e. The van der Waals surface area contributed by atoms with E-state index in [9.17, 15) is 4.79 Å². The fraction of sp³-hybridized carbons (Fsp3) is 0.250. The first-order valence-corrected chi connectivity index (χ1v) is 8.43. The van der Waals surface area contributed by atoms with Crippen LogP contribution in [0.15, 0.2) is 40.9 Å². The lowest BCUT2D eigenvalue weighted by atomic mass is 10.1. The van der Waals surface area contributed by atoms with Gasteiger partial charge >= 0.3 is 5.97 Å². The molecular weight excluding hydrogens is 364 g/mol. The van der Waals surface area contributed by atoms with Gasteiger partial charge < -0.3 is 23.5 Å². The van der Waals surface area contributed by atoms with E-state index >= 15 is 0 Å². The van der Waals surface area contributed by atoms with E-state index in [1.54, 1.807) is 6.07 Å². The number of carbonyl (C=O) groups excluding carboxylic acids is 1. The molecule has 0 N–H and O–H groups in total. The first-order valence-electron chi connectivity index (χ1n) is 8.43. The van der Waals surface area contributed by atoms with Crippen molar-refractivity contribution in [3.63, 3.8) is 0 Å². The Balaban J connectivity index is 1.73. The Morgan fingerprint density at radius 2 is 1.68 bits per heavy atom. The molecule has 28 heavy (non-hydrogen) atoms. The zero-order valence-electron chi connectivity index (χ0n) is 16.0. The summed E-state index contributed by atoms with van der Waals surface area (Å²) in [6, 6.07) is 10.8. The summed E-state index contributed by atoms with van der Waals surface area (Å²) in [5.74, 6) is 0.957. The number of ether oxygens (including phenoxy) is 4. The zero-order valence-corrected chi connectivity index (χ0v) is 16.0. The topological polar surface area (TPSA) is 92.9 Å². The Bertz CT molecular complexity index is 965. The van der Waals surface area contributed by atoms with Crippen molar-refractivity contribution in [2.24, 2.45) is 0 Å². The van der Waals surface area contributed by atoms with Crippen LogP contribution in [0.1, 0.15) is 21.8 Å². The van der Waals surface area contributed by atoms with Crippen LogP contribution in [0.2, 0.25) is 0 Å². The summed E-state index contributed by atoms with van der Waals surface area (Å²) in [7, 11) is 4.39. The SMILES string of the molecule is COc1ccc(C(=O)OCc2nc(-c3ccc(C)cc3)no2)c(OC)c1OC. The Hall–Kier alpha value is -3.55. The lowest BCUT2D eigenvalue weighted by molar-refractivity contribution is 0.0425. The molecule has 1 aromatic heterocycles. The third-order valence-corrected chi connectivity index (χ3v) is 4.03. The van der Waals surface area contributed by atoms with Gasteiger partial charge in [0.05, 0.1) is 21.3 Å². The van der Waals surface area contributed by atoms with Crippen LogP contribution < -0.4 is 14.2 Å². The molecule has 1 heterocycles. The maximum absolute atomic E-state index is 12.5. The quantitative estimate of drug-likeness (QED) is 0.572. The standard InChI is InChI=1S/C20H20N2O6/c1-12-5-7-13(8-6-12)19-21-16(28-22-19)11-27-20(23)14-9-10-15(24-2)18(26-4)17(14)25-3/h5-10H,11H2,1-4H3. The largest absolute Gasteiger partial charge is 0.493 e. The molecule has 2 aromatic carbocycles. The van der Waals surface area contributed by atoms with Gasteiger partial charge in [-0.3, -0.25) is 0 Å². The van der Waals surface area contributed by atoms with Crippen molar-refractivity contribution in [3.8, 4) is 28.6 Å². The monoisotopic (exact) mass is 384 g/mol. The highest BCUT2D eigenvalue weighted by molar-refractivity contribution is 5.94. The van der Waals surface area contributed by atoms with Crippen LogP contribution in [0.5, 0.6) is 17.2 Å². The average Bonchev–Trinajstić information content (AvgIpc) is 3.20. The molecule has 8 heteroatoms. The van der Waals surface area contributed by atoms with Crippen LogP contribution in [0.25, 0.3) is 11.4 Å². The smallest absolute Gasteiger partial charge is 0.342 e. The molecule has 146 valence electrons. The van der Waals surface area contributed by atoms with Crippen molar-refractivity contribution in [2.45, 2.75) is 13.5 Å². The number of aromatic nitrogens is 2. The fourth-order valence-electron chi connectivity index (χ4n) is 2.60. The molecule has 0 saturated heterocycles. The molecule has 0 bridgehead atoms.